The predicted molar refractivity (Wildman–Crippen MR) is 135 cm³/mol. The van der Waals surface area contributed by atoms with Crippen LogP contribution in [0.15, 0.2) is 88.8 Å². The van der Waals surface area contributed by atoms with Crippen LogP contribution in [0.4, 0.5) is 5.69 Å². The molecule has 0 aliphatic heterocycles. The summed E-state index contributed by atoms with van der Waals surface area (Å²) in [6, 6.07) is 24.7. The summed E-state index contributed by atoms with van der Waals surface area (Å²) in [6.07, 6.45) is 0.719. The summed E-state index contributed by atoms with van der Waals surface area (Å²) in [7, 11) is 0. The highest BCUT2D eigenvalue weighted by Gasteiger charge is 2.11. The number of fused-ring (bicyclic) bond motifs is 1. The number of nitrogens with one attached hydrogen (secondary N) is 3. The Kier molecular flexibility index (Phi) is 7.72. The number of nitrogens with zero attached hydrogens (tertiary/aromatic N) is 1. The number of carbonyl (C=O) groups is 2. The molecule has 1 heterocycles. The Morgan fingerprint density at radius 1 is 0.912 bits per heavy atom. The molecule has 3 aromatic carbocycles. The first-order valence-electron chi connectivity index (χ1n) is 10.9. The van der Waals surface area contributed by atoms with Crippen LogP contribution in [0.1, 0.15) is 11.3 Å². The van der Waals surface area contributed by atoms with Gasteiger partial charge in [-0.3, -0.25) is 14.4 Å². The first-order chi connectivity index (χ1) is 16.6. The fraction of sp³-hybridized carbons (Fsp3) is 0.154. The number of H-pyrrole nitrogens is 1. The standard InChI is InChI=1S/C26H24N4O3S/c31-23(27-14-13-18-7-2-1-3-8-18)15-20-16-24(32)30-26(28-20)34-17-25(33)29-22-12-6-10-19-9-4-5-11-21(19)22/h1-12,16H,13-15,17H2,(H,27,31)(H,29,33)(H,28,30,32). The molecule has 34 heavy (non-hydrogen) atoms. The molecule has 0 radical (unpaired) electrons. The van der Waals surface area contributed by atoms with Gasteiger partial charge in [-0.15, -0.1) is 0 Å². The molecule has 0 unspecified atom stereocenters. The second-order valence-electron chi connectivity index (χ2n) is 7.67. The van der Waals surface area contributed by atoms with Crippen LogP contribution < -0.4 is 16.2 Å². The number of hydrogen-bond acceptors (Lipinski definition) is 5. The van der Waals surface area contributed by atoms with Crippen molar-refractivity contribution in [2.75, 3.05) is 17.6 Å². The van der Waals surface area contributed by atoms with Crippen molar-refractivity contribution < 1.29 is 9.59 Å². The van der Waals surface area contributed by atoms with Gasteiger partial charge in [-0.25, -0.2) is 4.98 Å². The molecule has 0 aliphatic rings. The molecule has 4 rings (SSSR count). The minimum absolute atomic E-state index is 0.00549. The maximum Gasteiger partial charge on any atom is 0.251 e. The highest BCUT2D eigenvalue weighted by molar-refractivity contribution is 7.99. The van der Waals surface area contributed by atoms with E-state index in [0.717, 1.165) is 40.2 Å². The molecule has 8 heteroatoms. The van der Waals surface area contributed by atoms with Crippen LogP contribution in [0.25, 0.3) is 10.8 Å². The van der Waals surface area contributed by atoms with E-state index in [0.29, 0.717) is 17.4 Å². The fourth-order valence-corrected chi connectivity index (χ4v) is 4.21. The SMILES string of the molecule is O=C(Cc1cc(=O)[nH]c(SCC(=O)Nc2cccc3ccccc23)n1)NCCc1ccccc1. The average molecular weight is 473 g/mol. The number of benzene rings is 3. The molecule has 0 fully saturated rings. The summed E-state index contributed by atoms with van der Waals surface area (Å²) in [5.41, 5.74) is 1.86. The molecule has 7 nitrogen and oxygen atoms in total. The van der Waals surface area contributed by atoms with Gasteiger partial charge in [0.15, 0.2) is 5.16 Å². The fourth-order valence-electron chi connectivity index (χ4n) is 3.51. The third-order valence-electron chi connectivity index (χ3n) is 5.10. The molecular formula is C26H24N4O3S. The van der Waals surface area contributed by atoms with Crippen molar-refractivity contribution >= 4 is 40.0 Å². The van der Waals surface area contributed by atoms with Gasteiger partial charge in [-0.05, 0) is 23.4 Å². The molecule has 172 valence electrons. The Morgan fingerprint density at radius 2 is 1.68 bits per heavy atom. The first kappa shape index (κ1) is 23.3. The van der Waals surface area contributed by atoms with Gasteiger partial charge >= 0.3 is 0 Å². The summed E-state index contributed by atoms with van der Waals surface area (Å²) < 4.78 is 0. The van der Waals surface area contributed by atoms with Crippen LogP contribution in [-0.4, -0.2) is 34.1 Å². The van der Waals surface area contributed by atoms with Gasteiger partial charge in [0.05, 0.1) is 17.9 Å². The first-order valence-corrected chi connectivity index (χ1v) is 11.9. The van der Waals surface area contributed by atoms with E-state index in [2.05, 4.69) is 20.6 Å². The third-order valence-corrected chi connectivity index (χ3v) is 5.97. The Balaban J connectivity index is 1.30. The van der Waals surface area contributed by atoms with E-state index in [9.17, 15) is 14.4 Å². The minimum atomic E-state index is -0.362. The molecule has 0 atom stereocenters. The lowest BCUT2D eigenvalue weighted by Crippen LogP contribution is -2.28. The number of aromatic amines is 1. The van der Waals surface area contributed by atoms with Crippen molar-refractivity contribution in [2.45, 2.75) is 18.0 Å². The molecule has 0 bridgehead atoms. The zero-order valence-electron chi connectivity index (χ0n) is 18.4. The van der Waals surface area contributed by atoms with Gasteiger partial charge in [-0.1, -0.05) is 78.5 Å². The zero-order chi connectivity index (χ0) is 23.8. The lowest BCUT2D eigenvalue weighted by atomic mass is 10.1. The normalized spacial score (nSPS) is 10.7. The minimum Gasteiger partial charge on any atom is -0.355 e. The van der Waals surface area contributed by atoms with Crippen LogP contribution in [0.3, 0.4) is 0 Å². The van der Waals surface area contributed by atoms with Crippen LogP contribution >= 0.6 is 11.8 Å². The molecule has 0 aliphatic carbocycles. The Morgan fingerprint density at radius 3 is 2.53 bits per heavy atom. The van der Waals surface area contributed by atoms with E-state index < -0.39 is 0 Å². The molecule has 1 aromatic heterocycles. The quantitative estimate of drug-likeness (QED) is 0.255. The van der Waals surface area contributed by atoms with E-state index in [4.69, 9.17) is 0 Å². The van der Waals surface area contributed by atoms with Gasteiger partial charge < -0.3 is 15.6 Å². The zero-order valence-corrected chi connectivity index (χ0v) is 19.2. The largest absolute Gasteiger partial charge is 0.355 e. The van der Waals surface area contributed by atoms with Gasteiger partial charge in [0, 0.05) is 23.7 Å². The van der Waals surface area contributed by atoms with E-state index in [1.807, 2.05) is 72.8 Å². The Bertz CT molecular complexity index is 1350. The average Bonchev–Trinajstić information content (AvgIpc) is 2.83. The molecule has 4 aromatic rings. The van der Waals surface area contributed by atoms with E-state index in [1.54, 1.807) is 0 Å². The van der Waals surface area contributed by atoms with Gasteiger partial charge in [0.25, 0.3) is 5.56 Å². The number of anilines is 1. The highest BCUT2D eigenvalue weighted by Crippen LogP contribution is 2.23. The maximum absolute atomic E-state index is 12.5. The summed E-state index contributed by atoms with van der Waals surface area (Å²) >= 11 is 1.11. The van der Waals surface area contributed by atoms with Crippen molar-refractivity contribution in [2.24, 2.45) is 0 Å². The van der Waals surface area contributed by atoms with E-state index >= 15 is 0 Å². The number of carbonyl (C=O) groups excluding carboxylic acids is 2. The smallest absolute Gasteiger partial charge is 0.251 e. The van der Waals surface area contributed by atoms with Crippen molar-refractivity contribution in [3.05, 3.63) is 100 Å². The maximum atomic E-state index is 12.5. The summed E-state index contributed by atoms with van der Waals surface area (Å²) in [4.78, 5) is 43.8. The van der Waals surface area contributed by atoms with Crippen LogP contribution in [-0.2, 0) is 22.4 Å². The highest BCUT2D eigenvalue weighted by atomic mass is 32.2. The van der Waals surface area contributed by atoms with Gasteiger partial charge in [-0.2, -0.15) is 0 Å². The molecule has 0 saturated carbocycles. The monoisotopic (exact) mass is 472 g/mol. The third kappa shape index (κ3) is 6.55. The van der Waals surface area contributed by atoms with Crippen molar-refractivity contribution in [3.8, 4) is 0 Å². The molecule has 0 saturated heterocycles. The summed E-state index contributed by atoms with van der Waals surface area (Å²) in [5.74, 6) is -0.356. The summed E-state index contributed by atoms with van der Waals surface area (Å²) in [6.45, 7) is 0.502. The van der Waals surface area contributed by atoms with Crippen LogP contribution in [0.2, 0.25) is 0 Å². The van der Waals surface area contributed by atoms with Crippen molar-refractivity contribution in [1.82, 2.24) is 15.3 Å². The second kappa shape index (κ2) is 11.3. The van der Waals surface area contributed by atoms with E-state index in [-0.39, 0.29) is 29.5 Å². The number of hydrogen-bond donors (Lipinski definition) is 3. The lowest BCUT2D eigenvalue weighted by Gasteiger charge is -2.09. The Hall–Kier alpha value is -3.91. The van der Waals surface area contributed by atoms with E-state index in [1.165, 1.54) is 6.07 Å². The molecular weight excluding hydrogens is 448 g/mol. The topological polar surface area (TPSA) is 104 Å². The lowest BCUT2D eigenvalue weighted by molar-refractivity contribution is -0.120. The predicted octanol–water partition coefficient (Wildman–Crippen LogP) is 3.56. The van der Waals surface area contributed by atoms with Crippen molar-refractivity contribution in [3.63, 3.8) is 0 Å². The number of thioether (sulfide) groups is 1. The van der Waals surface area contributed by atoms with Gasteiger partial charge in [0.1, 0.15) is 0 Å². The van der Waals surface area contributed by atoms with Crippen LogP contribution in [0.5, 0.6) is 0 Å². The number of amides is 2. The second-order valence-corrected chi connectivity index (χ2v) is 8.63. The van der Waals surface area contributed by atoms with Crippen molar-refractivity contribution in [1.29, 1.82) is 0 Å². The summed E-state index contributed by atoms with van der Waals surface area (Å²) in [5, 5.41) is 8.05. The number of rotatable bonds is 9. The Labute approximate surface area is 201 Å². The molecule has 2 amide bonds. The van der Waals surface area contributed by atoms with Crippen LogP contribution in [0, 0.1) is 0 Å². The number of aromatic nitrogens is 2. The molecule has 3 N–H and O–H groups in total. The molecule has 0 spiro atoms. The van der Waals surface area contributed by atoms with Gasteiger partial charge in [0.2, 0.25) is 11.8 Å².